The third-order valence-corrected chi connectivity index (χ3v) is 5.43. The minimum atomic E-state index is 0.734. The van der Waals surface area contributed by atoms with Crippen LogP contribution in [0.2, 0.25) is 5.02 Å². The zero-order chi connectivity index (χ0) is 18.4. The van der Waals surface area contributed by atoms with Crippen molar-refractivity contribution in [2.24, 2.45) is 4.99 Å². The highest BCUT2D eigenvalue weighted by Gasteiger charge is 2.08. The van der Waals surface area contributed by atoms with E-state index < -0.39 is 0 Å². The van der Waals surface area contributed by atoms with Crippen LogP contribution in [0.4, 0.5) is 5.69 Å². The first kappa shape index (κ1) is 20.0. The van der Waals surface area contributed by atoms with Gasteiger partial charge in [-0.2, -0.15) is 0 Å². The molecule has 0 radical (unpaired) electrons. The van der Waals surface area contributed by atoms with E-state index in [4.69, 9.17) is 16.3 Å². The summed E-state index contributed by atoms with van der Waals surface area (Å²) < 4.78 is 7.02. The van der Waals surface area contributed by atoms with E-state index in [1.807, 2.05) is 37.5 Å². The maximum atomic E-state index is 6.07. The van der Waals surface area contributed by atoms with E-state index in [1.54, 1.807) is 0 Å². The van der Waals surface area contributed by atoms with Crippen LogP contribution < -0.4 is 4.74 Å². The molecular formula is C20H24ClIN2O. The van der Waals surface area contributed by atoms with Crippen LogP contribution in [0.5, 0.6) is 11.5 Å². The molecule has 2 aromatic rings. The molecule has 0 aliphatic rings. The van der Waals surface area contributed by atoms with Crippen LogP contribution in [0, 0.1) is 17.4 Å². The van der Waals surface area contributed by atoms with Gasteiger partial charge in [0.1, 0.15) is 11.5 Å². The van der Waals surface area contributed by atoms with Crippen molar-refractivity contribution >= 4 is 46.2 Å². The van der Waals surface area contributed by atoms with Gasteiger partial charge in [0.05, 0.1) is 17.0 Å². The highest BCUT2D eigenvalue weighted by molar-refractivity contribution is 14.1. The molecule has 0 saturated carbocycles. The van der Waals surface area contributed by atoms with Gasteiger partial charge in [-0.25, -0.2) is 4.99 Å². The van der Waals surface area contributed by atoms with Crippen LogP contribution in [0.1, 0.15) is 31.4 Å². The summed E-state index contributed by atoms with van der Waals surface area (Å²) in [5.41, 5.74) is 3.12. The zero-order valence-corrected chi connectivity index (χ0v) is 18.1. The van der Waals surface area contributed by atoms with Gasteiger partial charge in [0, 0.05) is 16.7 Å². The summed E-state index contributed by atoms with van der Waals surface area (Å²) >= 11 is 8.28. The van der Waals surface area contributed by atoms with E-state index in [-0.39, 0.29) is 0 Å². The molecular weight excluding hydrogens is 447 g/mol. The molecule has 0 saturated heterocycles. The van der Waals surface area contributed by atoms with Crippen molar-refractivity contribution in [3.63, 3.8) is 0 Å². The summed E-state index contributed by atoms with van der Waals surface area (Å²) in [5.74, 6) is 1.63. The lowest BCUT2D eigenvalue weighted by atomic mass is 10.1. The van der Waals surface area contributed by atoms with Gasteiger partial charge in [0.15, 0.2) is 0 Å². The Morgan fingerprint density at radius 2 is 1.92 bits per heavy atom. The molecule has 3 nitrogen and oxygen atoms in total. The Bertz CT molecular complexity index is 762. The molecule has 0 unspecified atom stereocenters. The minimum absolute atomic E-state index is 0.734. The maximum Gasteiger partial charge on any atom is 0.130 e. The van der Waals surface area contributed by atoms with Crippen LogP contribution in [-0.4, -0.2) is 24.3 Å². The van der Waals surface area contributed by atoms with E-state index in [9.17, 15) is 0 Å². The number of aryl methyl sites for hydroxylation is 2. The fraction of sp³-hybridized carbons (Fsp3) is 0.350. The third kappa shape index (κ3) is 5.61. The number of ether oxygens (including phenoxy) is 1. The highest BCUT2D eigenvalue weighted by Crippen LogP contribution is 2.33. The minimum Gasteiger partial charge on any atom is -0.457 e. The molecule has 25 heavy (non-hydrogen) atoms. The van der Waals surface area contributed by atoms with Crippen molar-refractivity contribution in [2.75, 3.05) is 13.1 Å². The Hall–Kier alpha value is -1.27. The molecule has 0 heterocycles. The lowest BCUT2D eigenvalue weighted by Crippen LogP contribution is -2.21. The molecule has 0 N–H and O–H groups in total. The third-order valence-electron chi connectivity index (χ3n) is 3.89. The van der Waals surface area contributed by atoms with Gasteiger partial charge in [-0.05, 0) is 91.2 Å². The second-order valence-corrected chi connectivity index (χ2v) is 7.52. The van der Waals surface area contributed by atoms with Crippen molar-refractivity contribution in [1.29, 1.82) is 0 Å². The van der Waals surface area contributed by atoms with Crippen molar-refractivity contribution < 1.29 is 4.74 Å². The summed E-state index contributed by atoms with van der Waals surface area (Å²) in [6.07, 6.45) is 3.05. The van der Waals surface area contributed by atoms with E-state index >= 15 is 0 Å². The normalized spacial score (nSPS) is 11.1. The predicted molar refractivity (Wildman–Crippen MR) is 116 cm³/mol. The van der Waals surface area contributed by atoms with Crippen molar-refractivity contribution in [3.05, 3.63) is 50.1 Å². The number of rotatable bonds is 7. The number of hydrogen-bond acceptors (Lipinski definition) is 2. The summed E-state index contributed by atoms with van der Waals surface area (Å²) in [5, 5.41) is 0.734. The SMILES string of the molecule is CCCN(C=Nc1cc(C)c(Oc2ccc(Cl)c(I)c2)cc1C)CC. The molecule has 0 fully saturated rings. The first-order valence-electron chi connectivity index (χ1n) is 8.47. The van der Waals surface area contributed by atoms with E-state index in [2.05, 4.69) is 59.3 Å². The molecule has 0 bridgehead atoms. The molecule has 0 spiro atoms. The quantitative estimate of drug-likeness (QED) is 0.254. The Labute approximate surface area is 169 Å². The van der Waals surface area contributed by atoms with Gasteiger partial charge < -0.3 is 9.64 Å². The predicted octanol–water partition coefficient (Wildman–Crippen LogP) is 6.75. The standard InChI is InChI=1S/C20H24ClIN2O/c1-5-9-24(6-2)13-23-19-10-15(4)20(11-14(19)3)25-16-7-8-17(21)18(22)12-16/h7-8,10-13H,5-6,9H2,1-4H3. The first-order valence-corrected chi connectivity index (χ1v) is 9.92. The Morgan fingerprint density at radius 3 is 2.56 bits per heavy atom. The van der Waals surface area contributed by atoms with Crippen LogP contribution in [0.3, 0.4) is 0 Å². The van der Waals surface area contributed by atoms with Crippen molar-refractivity contribution in [2.45, 2.75) is 34.1 Å². The summed E-state index contributed by atoms with van der Waals surface area (Å²) in [6.45, 7) is 10.4. The van der Waals surface area contributed by atoms with E-state index in [0.29, 0.717) is 0 Å². The molecule has 134 valence electrons. The number of halogens is 2. The van der Waals surface area contributed by atoms with Gasteiger partial charge in [0.25, 0.3) is 0 Å². The fourth-order valence-electron chi connectivity index (χ4n) is 2.42. The molecule has 0 amide bonds. The summed E-state index contributed by atoms with van der Waals surface area (Å²) in [7, 11) is 0. The molecule has 0 aromatic heterocycles. The van der Waals surface area contributed by atoms with Gasteiger partial charge in [-0.15, -0.1) is 0 Å². The number of benzene rings is 2. The maximum absolute atomic E-state index is 6.07. The van der Waals surface area contributed by atoms with Gasteiger partial charge in [-0.1, -0.05) is 18.5 Å². The summed E-state index contributed by atoms with van der Waals surface area (Å²) in [6, 6.07) is 9.79. The molecule has 0 atom stereocenters. The molecule has 2 aromatic carbocycles. The second kappa shape index (κ2) is 9.43. The largest absolute Gasteiger partial charge is 0.457 e. The molecule has 0 aliphatic carbocycles. The molecule has 0 aliphatic heterocycles. The number of aliphatic imine (C=N–C) groups is 1. The van der Waals surface area contributed by atoms with Gasteiger partial charge in [-0.3, -0.25) is 0 Å². The Morgan fingerprint density at radius 1 is 1.16 bits per heavy atom. The van der Waals surface area contributed by atoms with Crippen molar-refractivity contribution in [3.8, 4) is 11.5 Å². The fourth-order valence-corrected chi connectivity index (χ4v) is 3.02. The zero-order valence-electron chi connectivity index (χ0n) is 15.1. The lowest BCUT2D eigenvalue weighted by Gasteiger charge is -2.16. The van der Waals surface area contributed by atoms with E-state index in [0.717, 1.165) is 56.4 Å². The average Bonchev–Trinajstić information content (AvgIpc) is 2.58. The Kier molecular flexibility index (Phi) is 7.56. The highest BCUT2D eigenvalue weighted by atomic mass is 127. The van der Waals surface area contributed by atoms with Crippen LogP contribution in [0.25, 0.3) is 0 Å². The molecule has 5 heteroatoms. The molecule has 2 rings (SSSR count). The van der Waals surface area contributed by atoms with Crippen molar-refractivity contribution in [1.82, 2.24) is 4.90 Å². The van der Waals surface area contributed by atoms with Crippen LogP contribution in [-0.2, 0) is 0 Å². The smallest absolute Gasteiger partial charge is 0.130 e. The number of hydrogen-bond donors (Lipinski definition) is 0. The van der Waals surface area contributed by atoms with Crippen LogP contribution in [0.15, 0.2) is 35.3 Å². The number of nitrogens with zero attached hydrogens (tertiary/aromatic N) is 2. The topological polar surface area (TPSA) is 24.8 Å². The first-order chi connectivity index (χ1) is 11.9. The van der Waals surface area contributed by atoms with Gasteiger partial charge >= 0.3 is 0 Å². The summed E-state index contributed by atoms with van der Waals surface area (Å²) in [4.78, 5) is 6.87. The monoisotopic (exact) mass is 470 g/mol. The lowest BCUT2D eigenvalue weighted by molar-refractivity contribution is 0.452. The second-order valence-electron chi connectivity index (χ2n) is 5.96. The van der Waals surface area contributed by atoms with Gasteiger partial charge in [0.2, 0.25) is 0 Å². The van der Waals surface area contributed by atoms with Crippen LogP contribution >= 0.6 is 34.2 Å². The Balaban J connectivity index is 2.21. The average molecular weight is 471 g/mol. The van der Waals surface area contributed by atoms with E-state index in [1.165, 1.54) is 0 Å².